The Kier molecular flexibility index (Phi) is 4.51. The highest BCUT2D eigenvalue weighted by atomic mass is 16.1. The lowest BCUT2D eigenvalue weighted by Crippen LogP contribution is -2.60. The monoisotopic (exact) mass is 325 g/mol. The zero-order valence-corrected chi connectivity index (χ0v) is 15.0. The van der Waals surface area contributed by atoms with E-state index in [0.29, 0.717) is 17.7 Å². The highest BCUT2D eigenvalue weighted by Crippen LogP contribution is 2.57. The predicted octanol–water partition coefficient (Wildman–Crippen LogP) is 4.94. The minimum Gasteiger partial charge on any atom is -0.298 e. The van der Waals surface area contributed by atoms with Gasteiger partial charge in [-0.15, -0.1) is 0 Å². The summed E-state index contributed by atoms with van der Waals surface area (Å²) >= 11 is 0. The van der Waals surface area contributed by atoms with Crippen molar-refractivity contribution < 1.29 is 4.79 Å². The van der Waals surface area contributed by atoms with E-state index in [-0.39, 0.29) is 0 Å². The summed E-state index contributed by atoms with van der Waals surface area (Å²) in [5.74, 6) is 3.29. The molecule has 0 heterocycles. The van der Waals surface area contributed by atoms with Crippen LogP contribution in [0.15, 0.2) is 30.3 Å². The Morgan fingerprint density at radius 1 is 1.04 bits per heavy atom. The third-order valence-electron chi connectivity index (χ3n) is 6.99. The average Bonchev–Trinajstić information content (AvgIpc) is 2.58. The van der Waals surface area contributed by atoms with Crippen molar-refractivity contribution in [3.63, 3.8) is 0 Å². The molecule has 0 radical (unpaired) electrons. The van der Waals surface area contributed by atoms with Crippen LogP contribution in [0.3, 0.4) is 0 Å². The van der Waals surface area contributed by atoms with Crippen LogP contribution in [0.4, 0.5) is 0 Å². The molecule has 0 atom stereocenters. The van der Waals surface area contributed by atoms with E-state index in [1.54, 1.807) is 0 Å². The molecule has 1 aromatic carbocycles. The Hall–Kier alpha value is -1.15. The Balaban J connectivity index is 1.36. The summed E-state index contributed by atoms with van der Waals surface area (Å²) in [6.45, 7) is 4.56. The van der Waals surface area contributed by atoms with E-state index in [4.69, 9.17) is 0 Å². The van der Waals surface area contributed by atoms with Gasteiger partial charge in [-0.05, 0) is 75.8 Å². The Morgan fingerprint density at radius 2 is 1.62 bits per heavy atom. The molecule has 130 valence electrons. The molecular formula is C22H31NO. The summed E-state index contributed by atoms with van der Waals surface area (Å²) in [5.41, 5.74) is 1.36. The van der Waals surface area contributed by atoms with Gasteiger partial charge in [0.1, 0.15) is 0 Å². The van der Waals surface area contributed by atoms with Crippen LogP contribution in [-0.4, -0.2) is 29.3 Å². The Bertz CT molecular complexity index is 544. The van der Waals surface area contributed by atoms with Gasteiger partial charge in [0.2, 0.25) is 0 Å². The lowest BCUT2D eigenvalue weighted by molar-refractivity contribution is -0.0872. The largest absolute Gasteiger partial charge is 0.298 e. The number of benzene rings is 1. The van der Waals surface area contributed by atoms with E-state index in [0.717, 1.165) is 42.8 Å². The van der Waals surface area contributed by atoms with E-state index < -0.39 is 0 Å². The molecule has 2 nitrogen and oxygen atoms in total. The van der Waals surface area contributed by atoms with Crippen molar-refractivity contribution in [2.45, 2.75) is 63.8 Å². The van der Waals surface area contributed by atoms with Gasteiger partial charge in [-0.1, -0.05) is 37.3 Å². The molecule has 4 saturated carbocycles. The third-order valence-corrected chi connectivity index (χ3v) is 6.99. The van der Waals surface area contributed by atoms with Crippen molar-refractivity contribution in [2.75, 3.05) is 13.1 Å². The zero-order chi connectivity index (χ0) is 16.6. The van der Waals surface area contributed by atoms with E-state index >= 15 is 0 Å². The fourth-order valence-corrected chi connectivity index (χ4v) is 6.38. The third kappa shape index (κ3) is 3.06. The van der Waals surface area contributed by atoms with Crippen LogP contribution in [0, 0.1) is 17.8 Å². The molecular weight excluding hydrogens is 294 g/mol. The normalized spacial score (nSPS) is 34.0. The van der Waals surface area contributed by atoms with Crippen LogP contribution in [0.5, 0.6) is 0 Å². The number of nitrogens with zero attached hydrogens (tertiary/aromatic N) is 1. The van der Waals surface area contributed by atoms with Crippen LogP contribution in [0.2, 0.25) is 0 Å². The van der Waals surface area contributed by atoms with Gasteiger partial charge in [-0.25, -0.2) is 0 Å². The van der Waals surface area contributed by atoms with Crippen LogP contribution < -0.4 is 0 Å². The molecule has 24 heavy (non-hydrogen) atoms. The second-order valence-electron chi connectivity index (χ2n) is 8.61. The summed E-state index contributed by atoms with van der Waals surface area (Å²) in [4.78, 5) is 15.1. The molecule has 4 aliphatic carbocycles. The smallest absolute Gasteiger partial charge is 0.162 e. The molecule has 4 fully saturated rings. The highest BCUT2D eigenvalue weighted by molar-refractivity contribution is 5.95. The summed E-state index contributed by atoms with van der Waals surface area (Å²) in [6, 6.07) is 9.78. The number of hydrogen-bond donors (Lipinski definition) is 0. The highest BCUT2D eigenvalue weighted by Gasteiger charge is 2.52. The van der Waals surface area contributed by atoms with Crippen molar-refractivity contribution in [3.8, 4) is 0 Å². The number of carbonyl (C=O) groups is 1. The van der Waals surface area contributed by atoms with E-state index in [1.165, 1.54) is 38.5 Å². The summed E-state index contributed by atoms with van der Waals surface area (Å²) in [7, 11) is 0. The zero-order valence-electron chi connectivity index (χ0n) is 15.0. The molecule has 5 rings (SSSR count). The first-order chi connectivity index (χ1) is 11.7. The van der Waals surface area contributed by atoms with Crippen molar-refractivity contribution >= 4 is 5.78 Å². The van der Waals surface area contributed by atoms with Crippen molar-refractivity contribution in [1.29, 1.82) is 0 Å². The minimum absolute atomic E-state index is 0.303. The predicted molar refractivity (Wildman–Crippen MR) is 98.2 cm³/mol. The fraction of sp³-hybridized carbons (Fsp3) is 0.682. The topological polar surface area (TPSA) is 20.3 Å². The van der Waals surface area contributed by atoms with E-state index in [1.807, 2.05) is 30.3 Å². The van der Waals surface area contributed by atoms with Gasteiger partial charge in [0, 0.05) is 17.5 Å². The van der Waals surface area contributed by atoms with Gasteiger partial charge in [-0.3, -0.25) is 9.69 Å². The van der Waals surface area contributed by atoms with Crippen LogP contribution in [0.1, 0.15) is 68.6 Å². The molecule has 0 saturated heterocycles. The van der Waals surface area contributed by atoms with Gasteiger partial charge < -0.3 is 0 Å². The average molecular weight is 325 g/mol. The van der Waals surface area contributed by atoms with E-state index in [2.05, 4.69) is 11.8 Å². The number of hydrogen-bond acceptors (Lipinski definition) is 2. The van der Waals surface area contributed by atoms with Crippen molar-refractivity contribution in [2.24, 2.45) is 17.8 Å². The number of carbonyl (C=O) groups excluding carboxylic acids is 1. The summed E-state index contributed by atoms with van der Waals surface area (Å²) < 4.78 is 0. The van der Waals surface area contributed by atoms with Crippen molar-refractivity contribution in [1.82, 2.24) is 4.90 Å². The second-order valence-corrected chi connectivity index (χ2v) is 8.61. The molecule has 0 aromatic heterocycles. The lowest BCUT2D eigenvalue weighted by atomic mass is 9.52. The Labute approximate surface area is 146 Å². The standard InChI is InChI=1S/C22H31NO/c1-2-23(10-6-9-21(24)20-7-4-3-5-8-20)22-14-17-11-18(15-22)13-19(12-17)16-22/h3-5,7-8,17-19H,2,6,9-16H2,1H3. The SMILES string of the molecule is CCN(CCCC(=O)c1ccccc1)C12CC3CC(CC(C3)C1)C2. The maximum Gasteiger partial charge on any atom is 0.162 e. The first-order valence-electron chi connectivity index (χ1n) is 10.0. The number of ketones is 1. The maximum absolute atomic E-state index is 12.3. The number of rotatable bonds is 7. The van der Waals surface area contributed by atoms with Gasteiger partial charge in [0.05, 0.1) is 0 Å². The van der Waals surface area contributed by atoms with Gasteiger partial charge >= 0.3 is 0 Å². The molecule has 0 N–H and O–H groups in total. The number of Topliss-reactive ketones (excluding diaryl/α,β-unsaturated/α-hetero) is 1. The minimum atomic E-state index is 0.303. The molecule has 0 unspecified atom stereocenters. The molecule has 0 amide bonds. The molecule has 4 bridgehead atoms. The first kappa shape index (κ1) is 16.3. The summed E-state index contributed by atoms with van der Waals surface area (Å²) in [6.07, 6.45) is 10.5. The van der Waals surface area contributed by atoms with Crippen LogP contribution in [-0.2, 0) is 0 Å². The second kappa shape index (κ2) is 6.63. The molecule has 0 aliphatic heterocycles. The van der Waals surface area contributed by atoms with E-state index in [9.17, 15) is 4.79 Å². The van der Waals surface area contributed by atoms with Gasteiger partial charge in [-0.2, -0.15) is 0 Å². The fourth-order valence-electron chi connectivity index (χ4n) is 6.38. The Morgan fingerprint density at radius 3 is 2.17 bits per heavy atom. The molecule has 4 aliphatic rings. The quantitative estimate of drug-likeness (QED) is 0.662. The van der Waals surface area contributed by atoms with Gasteiger partial charge in [0.15, 0.2) is 5.78 Å². The van der Waals surface area contributed by atoms with Crippen LogP contribution in [0.25, 0.3) is 0 Å². The van der Waals surface area contributed by atoms with Gasteiger partial charge in [0.25, 0.3) is 0 Å². The van der Waals surface area contributed by atoms with Crippen LogP contribution >= 0.6 is 0 Å². The summed E-state index contributed by atoms with van der Waals surface area (Å²) in [5, 5.41) is 0. The maximum atomic E-state index is 12.3. The lowest BCUT2D eigenvalue weighted by Gasteiger charge is -2.60. The molecule has 2 heteroatoms. The van der Waals surface area contributed by atoms with Crippen molar-refractivity contribution in [3.05, 3.63) is 35.9 Å². The molecule has 0 spiro atoms. The first-order valence-corrected chi connectivity index (χ1v) is 10.0. The molecule has 1 aromatic rings.